The lowest BCUT2D eigenvalue weighted by Crippen LogP contribution is -2.29. The van der Waals surface area contributed by atoms with Crippen molar-refractivity contribution < 1.29 is 14.8 Å². The quantitative estimate of drug-likeness (QED) is 0.406. The number of rotatable bonds is 5. The van der Waals surface area contributed by atoms with Crippen molar-refractivity contribution in [2.75, 3.05) is 5.32 Å². The highest BCUT2D eigenvalue weighted by Gasteiger charge is 2.12. The Kier molecular flexibility index (Phi) is 4.55. The van der Waals surface area contributed by atoms with Gasteiger partial charge in [0, 0.05) is 31.3 Å². The third-order valence-electron chi connectivity index (χ3n) is 2.94. The fourth-order valence-electron chi connectivity index (χ4n) is 1.79. The van der Waals surface area contributed by atoms with Crippen LogP contribution in [0.4, 0.5) is 11.4 Å². The molecular weight excluding hydrogens is 308 g/mol. The van der Waals surface area contributed by atoms with E-state index in [0.29, 0.717) is 0 Å². The zero-order valence-electron chi connectivity index (χ0n) is 11.7. The van der Waals surface area contributed by atoms with E-state index in [0.717, 1.165) is 22.8 Å². The molecule has 1 aromatic heterocycles. The molecule has 0 saturated heterocycles. The summed E-state index contributed by atoms with van der Waals surface area (Å²) in [6.45, 7) is 0.0230. The Morgan fingerprint density at radius 3 is 2.70 bits per heavy atom. The molecular formula is C13H12N4O6. The molecule has 0 saturated carbocycles. The second kappa shape index (κ2) is 6.56. The SMILES string of the molecule is O=C(CCn1ccc(=O)[nH]c1=O)Nc1ccc([N+](=O)[O-])cc1O. The summed E-state index contributed by atoms with van der Waals surface area (Å²) >= 11 is 0. The van der Waals surface area contributed by atoms with Gasteiger partial charge in [-0.3, -0.25) is 24.7 Å². The number of nitrogens with one attached hydrogen (secondary N) is 2. The van der Waals surface area contributed by atoms with Crippen LogP contribution >= 0.6 is 0 Å². The molecule has 0 fully saturated rings. The number of carbonyl (C=O) groups is 1. The first-order chi connectivity index (χ1) is 10.9. The van der Waals surface area contributed by atoms with Crippen LogP contribution in [0.5, 0.6) is 5.75 Å². The molecule has 0 radical (unpaired) electrons. The molecule has 1 amide bonds. The van der Waals surface area contributed by atoms with Crippen LogP contribution in [0, 0.1) is 10.1 Å². The lowest BCUT2D eigenvalue weighted by atomic mass is 10.2. The Morgan fingerprint density at radius 2 is 2.09 bits per heavy atom. The molecule has 23 heavy (non-hydrogen) atoms. The van der Waals surface area contributed by atoms with Gasteiger partial charge in [-0.1, -0.05) is 0 Å². The predicted octanol–water partition coefficient (Wildman–Crippen LogP) is 0.179. The molecule has 10 heteroatoms. The third kappa shape index (κ3) is 4.03. The number of nitrogens with zero attached hydrogens (tertiary/aromatic N) is 2. The van der Waals surface area contributed by atoms with E-state index in [-0.39, 0.29) is 24.3 Å². The Balaban J connectivity index is 2.01. The van der Waals surface area contributed by atoms with Crippen molar-refractivity contribution in [1.82, 2.24) is 9.55 Å². The molecule has 2 aromatic rings. The van der Waals surface area contributed by atoms with Gasteiger partial charge in [-0.15, -0.1) is 0 Å². The number of aryl methyl sites for hydroxylation is 1. The van der Waals surface area contributed by atoms with E-state index in [4.69, 9.17) is 0 Å². The van der Waals surface area contributed by atoms with Crippen LogP contribution in [0.3, 0.4) is 0 Å². The van der Waals surface area contributed by atoms with Crippen molar-refractivity contribution in [2.24, 2.45) is 0 Å². The number of phenols is 1. The number of hydrogen-bond donors (Lipinski definition) is 3. The smallest absolute Gasteiger partial charge is 0.328 e. The molecule has 0 aliphatic rings. The van der Waals surface area contributed by atoms with Crippen LogP contribution < -0.4 is 16.6 Å². The molecule has 0 aliphatic heterocycles. The van der Waals surface area contributed by atoms with Crippen molar-refractivity contribution in [3.05, 3.63) is 61.4 Å². The largest absolute Gasteiger partial charge is 0.506 e. The average molecular weight is 320 g/mol. The average Bonchev–Trinajstić information content (AvgIpc) is 2.48. The molecule has 0 spiro atoms. The zero-order valence-corrected chi connectivity index (χ0v) is 11.7. The number of phenolic OH excluding ortho intramolecular Hbond substituents is 1. The van der Waals surface area contributed by atoms with E-state index >= 15 is 0 Å². The molecule has 120 valence electrons. The standard InChI is InChI=1S/C13H12N4O6/c18-10-7-8(17(22)23)1-2-9(10)14-11(19)3-5-16-6-4-12(20)15-13(16)21/h1-2,4,6-7,18H,3,5H2,(H,14,19)(H,15,20,21). The number of amides is 1. The van der Waals surface area contributed by atoms with Crippen LogP contribution in [0.1, 0.15) is 6.42 Å². The number of benzene rings is 1. The van der Waals surface area contributed by atoms with E-state index in [9.17, 15) is 29.6 Å². The van der Waals surface area contributed by atoms with Gasteiger partial charge in [0.15, 0.2) is 0 Å². The Labute approximate surface area is 128 Å². The van der Waals surface area contributed by atoms with Gasteiger partial charge in [0.1, 0.15) is 5.75 Å². The van der Waals surface area contributed by atoms with Gasteiger partial charge in [0.25, 0.3) is 11.2 Å². The molecule has 10 nitrogen and oxygen atoms in total. The number of nitro benzene ring substituents is 1. The number of aromatic amines is 1. The topological polar surface area (TPSA) is 147 Å². The summed E-state index contributed by atoms with van der Waals surface area (Å²) in [5, 5.41) is 22.6. The number of non-ortho nitro benzene ring substituents is 1. The molecule has 0 unspecified atom stereocenters. The van der Waals surface area contributed by atoms with Crippen LogP contribution in [-0.2, 0) is 11.3 Å². The number of aromatic hydroxyl groups is 1. The number of H-pyrrole nitrogens is 1. The van der Waals surface area contributed by atoms with Gasteiger partial charge in [-0.2, -0.15) is 0 Å². The molecule has 1 heterocycles. The molecule has 0 bridgehead atoms. The second-order valence-electron chi connectivity index (χ2n) is 4.56. The monoisotopic (exact) mass is 320 g/mol. The summed E-state index contributed by atoms with van der Waals surface area (Å²) in [4.78, 5) is 46.1. The Bertz CT molecular complexity index is 869. The van der Waals surface area contributed by atoms with Crippen molar-refractivity contribution in [2.45, 2.75) is 13.0 Å². The Hall–Kier alpha value is -3.43. The minimum Gasteiger partial charge on any atom is -0.506 e. The number of nitro groups is 1. The minimum absolute atomic E-state index is 0.0226. The van der Waals surface area contributed by atoms with Crippen molar-refractivity contribution >= 4 is 17.3 Å². The lowest BCUT2D eigenvalue weighted by molar-refractivity contribution is -0.384. The highest BCUT2D eigenvalue weighted by Crippen LogP contribution is 2.27. The molecule has 1 aromatic carbocycles. The van der Waals surface area contributed by atoms with E-state index in [2.05, 4.69) is 10.3 Å². The van der Waals surface area contributed by atoms with Gasteiger partial charge in [0.2, 0.25) is 5.91 Å². The van der Waals surface area contributed by atoms with Gasteiger partial charge >= 0.3 is 5.69 Å². The number of carbonyl (C=O) groups excluding carboxylic acids is 1. The molecule has 2 rings (SSSR count). The van der Waals surface area contributed by atoms with Crippen molar-refractivity contribution in [1.29, 1.82) is 0 Å². The first-order valence-corrected chi connectivity index (χ1v) is 6.44. The maximum absolute atomic E-state index is 11.8. The summed E-state index contributed by atoms with van der Waals surface area (Å²) in [6, 6.07) is 4.42. The fraction of sp³-hybridized carbons (Fsp3) is 0.154. The molecule has 3 N–H and O–H groups in total. The molecule has 0 atom stereocenters. The number of hydrogen-bond acceptors (Lipinski definition) is 6. The first kappa shape index (κ1) is 15.9. The van der Waals surface area contributed by atoms with E-state index in [1.807, 2.05) is 0 Å². The predicted molar refractivity (Wildman–Crippen MR) is 79.3 cm³/mol. The highest BCUT2D eigenvalue weighted by atomic mass is 16.6. The third-order valence-corrected chi connectivity index (χ3v) is 2.94. The first-order valence-electron chi connectivity index (χ1n) is 6.44. The van der Waals surface area contributed by atoms with Crippen molar-refractivity contribution in [3.8, 4) is 5.75 Å². The number of anilines is 1. The number of aromatic nitrogens is 2. The van der Waals surface area contributed by atoms with Crippen LogP contribution in [-0.4, -0.2) is 25.5 Å². The fourth-order valence-corrected chi connectivity index (χ4v) is 1.79. The van der Waals surface area contributed by atoms with Crippen molar-refractivity contribution in [3.63, 3.8) is 0 Å². The van der Waals surface area contributed by atoms with E-state index in [1.54, 1.807) is 0 Å². The van der Waals surface area contributed by atoms with Gasteiger partial charge in [-0.25, -0.2) is 4.79 Å². The normalized spacial score (nSPS) is 10.3. The lowest BCUT2D eigenvalue weighted by Gasteiger charge is -2.08. The van der Waals surface area contributed by atoms with Gasteiger partial charge < -0.3 is 15.0 Å². The Morgan fingerprint density at radius 1 is 1.35 bits per heavy atom. The minimum atomic E-state index is -0.673. The van der Waals surface area contributed by atoms with E-state index < -0.39 is 27.8 Å². The maximum atomic E-state index is 11.8. The summed E-state index contributed by atoms with van der Waals surface area (Å²) < 4.78 is 1.15. The molecule has 0 aliphatic carbocycles. The second-order valence-corrected chi connectivity index (χ2v) is 4.56. The van der Waals surface area contributed by atoms with Crippen LogP contribution in [0.2, 0.25) is 0 Å². The summed E-state index contributed by atoms with van der Waals surface area (Å²) in [6.07, 6.45) is 1.17. The van der Waals surface area contributed by atoms with Crippen LogP contribution in [0.25, 0.3) is 0 Å². The van der Waals surface area contributed by atoms with Gasteiger partial charge in [-0.05, 0) is 6.07 Å². The summed E-state index contributed by atoms with van der Waals surface area (Å²) in [7, 11) is 0. The highest BCUT2D eigenvalue weighted by molar-refractivity contribution is 5.92. The maximum Gasteiger partial charge on any atom is 0.328 e. The summed E-state index contributed by atoms with van der Waals surface area (Å²) in [5.74, 6) is -0.944. The van der Waals surface area contributed by atoms with Gasteiger partial charge in [0.05, 0.1) is 16.7 Å². The van der Waals surface area contributed by atoms with E-state index in [1.165, 1.54) is 12.3 Å². The summed E-state index contributed by atoms with van der Waals surface area (Å²) in [5.41, 5.74) is -1.45. The zero-order chi connectivity index (χ0) is 17.0. The van der Waals surface area contributed by atoms with Crippen LogP contribution in [0.15, 0.2) is 40.1 Å².